The lowest BCUT2D eigenvalue weighted by molar-refractivity contribution is -0.141. The number of hydrogen-bond donors (Lipinski definition) is 1. The Bertz CT molecular complexity index is 971. The number of methoxy groups -OCH3 is 1. The molecule has 0 bridgehead atoms. The number of nitrogens with zero attached hydrogens (tertiary/aromatic N) is 1. The van der Waals surface area contributed by atoms with E-state index in [0.29, 0.717) is 11.3 Å². The van der Waals surface area contributed by atoms with Crippen LogP contribution in [-0.4, -0.2) is 34.8 Å². The van der Waals surface area contributed by atoms with Gasteiger partial charge in [0.05, 0.1) is 18.2 Å². The van der Waals surface area contributed by atoms with Crippen molar-refractivity contribution in [3.05, 3.63) is 57.3 Å². The minimum absolute atomic E-state index is 0.0228. The number of carbonyl (C=O) groups excluding carboxylic acids is 2. The Labute approximate surface area is 174 Å². The van der Waals surface area contributed by atoms with Gasteiger partial charge in [0.1, 0.15) is 17.6 Å². The summed E-state index contributed by atoms with van der Waals surface area (Å²) in [5.74, 6) is -0.824. The summed E-state index contributed by atoms with van der Waals surface area (Å²) >= 11 is 1.52. The zero-order chi connectivity index (χ0) is 20.5. The van der Waals surface area contributed by atoms with Crippen LogP contribution in [0.5, 0.6) is 5.75 Å². The lowest BCUT2D eigenvalue weighted by Crippen LogP contribution is -2.40. The van der Waals surface area contributed by atoms with E-state index in [1.54, 1.807) is 29.2 Å². The Balaban J connectivity index is 1.90. The fourth-order valence-corrected chi connectivity index (χ4v) is 5.53. The summed E-state index contributed by atoms with van der Waals surface area (Å²) in [7, 11) is 1.52. The largest absolute Gasteiger partial charge is 0.507 e. The summed E-state index contributed by atoms with van der Waals surface area (Å²) in [5.41, 5.74) is 1.61. The molecule has 2 aromatic rings. The number of carbonyl (C=O) groups is 2. The van der Waals surface area contributed by atoms with Crippen molar-refractivity contribution in [2.24, 2.45) is 0 Å². The van der Waals surface area contributed by atoms with Crippen LogP contribution in [0.3, 0.4) is 0 Å². The Morgan fingerprint density at radius 1 is 1.14 bits per heavy atom. The van der Waals surface area contributed by atoms with E-state index >= 15 is 0 Å². The third-order valence-electron chi connectivity index (χ3n) is 5.96. The fourth-order valence-electron chi connectivity index (χ4n) is 4.49. The highest BCUT2D eigenvalue weighted by Crippen LogP contribution is 2.46. The molecule has 1 unspecified atom stereocenters. The molecule has 2 aliphatic rings. The third kappa shape index (κ3) is 3.35. The smallest absolute Gasteiger partial charge is 0.295 e. The molecule has 1 aromatic carbocycles. The summed E-state index contributed by atoms with van der Waals surface area (Å²) < 4.78 is 5.38. The minimum Gasteiger partial charge on any atom is -0.507 e. The number of likely N-dealkylation sites (tertiary alicyclic amines) is 1. The van der Waals surface area contributed by atoms with E-state index in [1.165, 1.54) is 18.4 Å². The molecule has 152 valence electrons. The fraction of sp³-hybridized carbons (Fsp3) is 0.391. The zero-order valence-corrected chi connectivity index (χ0v) is 17.5. The van der Waals surface area contributed by atoms with Crippen LogP contribution in [0.4, 0.5) is 0 Å². The van der Waals surface area contributed by atoms with Crippen LogP contribution in [-0.2, 0) is 9.59 Å². The average molecular weight is 412 g/mol. The predicted molar refractivity (Wildman–Crippen MR) is 113 cm³/mol. The van der Waals surface area contributed by atoms with Crippen LogP contribution in [0.25, 0.3) is 5.76 Å². The van der Waals surface area contributed by atoms with Crippen molar-refractivity contribution in [2.75, 3.05) is 7.11 Å². The molecule has 1 atom stereocenters. The molecule has 5 nitrogen and oxygen atoms in total. The van der Waals surface area contributed by atoms with E-state index in [2.05, 4.69) is 0 Å². The summed E-state index contributed by atoms with van der Waals surface area (Å²) in [5, 5.41) is 13.2. The lowest BCUT2D eigenvalue weighted by Gasteiger charge is -2.35. The first-order valence-electron chi connectivity index (χ1n) is 10.0. The van der Waals surface area contributed by atoms with Crippen LogP contribution in [0.2, 0.25) is 0 Å². The van der Waals surface area contributed by atoms with Crippen LogP contribution in [0.1, 0.15) is 54.1 Å². The lowest BCUT2D eigenvalue weighted by atomic mass is 9.92. The number of Topliss-reactive ketones (excluding diaryl/α,β-unsaturated/α-hetero) is 1. The quantitative estimate of drug-likeness (QED) is 0.445. The van der Waals surface area contributed by atoms with Gasteiger partial charge in [0.2, 0.25) is 0 Å². The van der Waals surface area contributed by atoms with E-state index in [1.807, 2.05) is 18.4 Å². The van der Waals surface area contributed by atoms with E-state index in [0.717, 1.165) is 42.5 Å². The number of ketones is 1. The number of rotatable bonds is 4. The van der Waals surface area contributed by atoms with Crippen LogP contribution >= 0.6 is 11.3 Å². The van der Waals surface area contributed by atoms with Gasteiger partial charge in [0.25, 0.3) is 11.7 Å². The highest BCUT2D eigenvalue weighted by atomic mass is 32.1. The molecule has 29 heavy (non-hydrogen) atoms. The molecular formula is C23H25NO4S. The van der Waals surface area contributed by atoms with Gasteiger partial charge in [0.15, 0.2) is 0 Å². The van der Waals surface area contributed by atoms with Gasteiger partial charge in [-0.05, 0) is 48.9 Å². The topological polar surface area (TPSA) is 66.8 Å². The molecule has 1 aliphatic carbocycles. The Kier molecular flexibility index (Phi) is 5.46. The van der Waals surface area contributed by atoms with Crippen molar-refractivity contribution in [3.63, 3.8) is 0 Å². The van der Waals surface area contributed by atoms with Gasteiger partial charge in [-0.2, -0.15) is 0 Å². The van der Waals surface area contributed by atoms with Crippen molar-refractivity contribution >= 4 is 28.8 Å². The summed E-state index contributed by atoms with van der Waals surface area (Å²) in [6, 6.07) is 8.48. The van der Waals surface area contributed by atoms with Gasteiger partial charge in [0, 0.05) is 10.9 Å². The van der Waals surface area contributed by atoms with Crippen LogP contribution < -0.4 is 4.74 Å². The molecule has 1 aliphatic heterocycles. The molecule has 2 fully saturated rings. The van der Waals surface area contributed by atoms with Gasteiger partial charge < -0.3 is 14.7 Å². The maximum absolute atomic E-state index is 13.1. The summed E-state index contributed by atoms with van der Waals surface area (Å²) in [4.78, 5) is 28.9. The highest BCUT2D eigenvalue weighted by molar-refractivity contribution is 7.10. The van der Waals surface area contributed by atoms with Gasteiger partial charge in [-0.1, -0.05) is 31.4 Å². The molecule has 1 aromatic heterocycles. The minimum atomic E-state index is -0.614. The first kappa shape index (κ1) is 19.7. The second-order valence-corrected chi connectivity index (χ2v) is 8.61. The first-order valence-corrected chi connectivity index (χ1v) is 10.9. The third-order valence-corrected chi connectivity index (χ3v) is 7.03. The van der Waals surface area contributed by atoms with Crippen molar-refractivity contribution in [2.45, 2.75) is 51.1 Å². The highest BCUT2D eigenvalue weighted by Gasteiger charge is 2.49. The normalized spacial score (nSPS) is 22.3. The SMILES string of the molecule is COc1ccccc1/C(O)=C1\C(=O)C(=O)N(C2CCCCC2)C1c1sccc1C. The van der Waals surface area contributed by atoms with Gasteiger partial charge >= 0.3 is 0 Å². The number of aliphatic hydroxyl groups excluding tert-OH is 1. The van der Waals surface area contributed by atoms with Crippen LogP contribution in [0, 0.1) is 6.92 Å². The second-order valence-electron chi connectivity index (χ2n) is 7.67. The number of benzene rings is 1. The molecule has 1 amide bonds. The maximum atomic E-state index is 13.1. The van der Waals surface area contributed by atoms with E-state index in [9.17, 15) is 14.7 Å². The molecule has 1 saturated heterocycles. The van der Waals surface area contributed by atoms with Crippen molar-refractivity contribution in [1.82, 2.24) is 4.90 Å². The van der Waals surface area contributed by atoms with E-state index in [4.69, 9.17) is 4.74 Å². The Hall–Kier alpha value is -2.60. The van der Waals surface area contributed by atoms with Gasteiger partial charge in [-0.25, -0.2) is 0 Å². The zero-order valence-electron chi connectivity index (χ0n) is 16.7. The maximum Gasteiger partial charge on any atom is 0.295 e. The van der Waals surface area contributed by atoms with Crippen molar-refractivity contribution in [3.8, 4) is 5.75 Å². The first-order chi connectivity index (χ1) is 14.0. The average Bonchev–Trinajstić information content (AvgIpc) is 3.28. The molecular weight excluding hydrogens is 386 g/mol. The summed E-state index contributed by atoms with van der Waals surface area (Å²) in [6.07, 6.45) is 5.04. The number of aryl methyl sites for hydroxylation is 1. The number of amides is 1. The van der Waals surface area contributed by atoms with Gasteiger partial charge in [-0.3, -0.25) is 9.59 Å². The van der Waals surface area contributed by atoms with Crippen molar-refractivity contribution < 1.29 is 19.4 Å². The molecule has 6 heteroatoms. The molecule has 1 N–H and O–H groups in total. The Morgan fingerprint density at radius 3 is 2.52 bits per heavy atom. The number of para-hydroxylation sites is 1. The molecule has 0 radical (unpaired) electrons. The van der Waals surface area contributed by atoms with Crippen LogP contribution in [0.15, 0.2) is 41.3 Å². The monoisotopic (exact) mass is 411 g/mol. The van der Waals surface area contributed by atoms with E-state index < -0.39 is 17.7 Å². The number of ether oxygens (including phenoxy) is 1. The standard InChI is InChI=1S/C23H25NO4S/c1-14-12-13-29-22(14)19-18(20(25)16-10-6-7-11-17(16)28-2)21(26)23(27)24(19)15-8-4-3-5-9-15/h6-7,10-13,15,19,25H,3-5,8-9H2,1-2H3/b20-18+. The Morgan fingerprint density at radius 2 is 1.86 bits per heavy atom. The van der Waals surface area contributed by atoms with Gasteiger partial charge in [-0.15, -0.1) is 11.3 Å². The summed E-state index contributed by atoms with van der Waals surface area (Å²) in [6.45, 7) is 1.98. The van der Waals surface area contributed by atoms with E-state index in [-0.39, 0.29) is 17.4 Å². The molecule has 2 heterocycles. The number of thiophene rings is 1. The predicted octanol–water partition coefficient (Wildman–Crippen LogP) is 4.82. The molecule has 1 saturated carbocycles. The molecule has 0 spiro atoms. The number of hydrogen-bond acceptors (Lipinski definition) is 5. The van der Waals surface area contributed by atoms with Crippen molar-refractivity contribution in [1.29, 1.82) is 0 Å². The number of aliphatic hydroxyl groups is 1. The second kappa shape index (κ2) is 8.03. The molecule has 4 rings (SSSR count).